The highest BCUT2D eigenvalue weighted by Gasteiger charge is 2.18. The monoisotopic (exact) mass is 307 g/mol. The summed E-state index contributed by atoms with van der Waals surface area (Å²) in [7, 11) is -1.61. The summed E-state index contributed by atoms with van der Waals surface area (Å²) in [6, 6.07) is 13.2. The van der Waals surface area contributed by atoms with Crippen LogP contribution in [0, 0.1) is 0 Å². The van der Waals surface area contributed by atoms with Crippen molar-refractivity contribution in [2.75, 3.05) is 25.2 Å². The molecule has 0 saturated heterocycles. The zero-order valence-corrected chi connectivity index (χ0v) is 13.0. The van der Waals surface area contributed by atoms with Gasteiger partial charge in [-0.25, -0.2) is 8.42 Å². The molecule has 0 saturated carbocycles. The maximum atomic E-state index is 12.1. The van der Waals surface area contributed by atoms with Gasteiger partial charge in [0, 0.05) is 19.8 Å². The van der Waals surface area contributed by atoms with E-state index in [1.165, 1.54) is 0 Å². The Morgan fingerprint density at radius 3 is 2.62 bits per heavy atom. The van der Waals surface area contributed by atoms with E-state index >= 15 is 0 Å². The summed E-state index contributed by atoms with van der Waals surface area (Å²) in [4.78, 5) is 0. The minimum atomic E-state index is -3.17. The first-order valence-electron chi connectivity index (χ1n) is 6.96. The van der Waals surface area contributed by atoms with Crippen molar-refractivity contribution in [2.24, 2.45) is 5.73 Å². The van der Waals surface area contributed by atoms with Gasteiger partial charge in [0.25, 0.3) is 0 Å². The predicted molar refractivity (Wildman–Crippen MR) is 86.0 cm³/mol. The molecule has 2 rings (SSSR count). The summed E-state index contributed by atoms with van der Waals surface area (Å²) in [6.07, 6.45) is 0.501. The predicted octanol–water partition coefficient (Wildman–Crippen LogP) is 2.29. The van der Waals surface area contributed by atoms with Crippen molar-refractivity contribution in [1.29, 1.82) is 0 Å². The minimum absolute atomic E-state index is 0.0370. The highest BCUT2D eigenvalue weighted by atomic mass is 32.2. The summed E-state index contributed by atoms with van der Waals surface area (Å²) in [5.41, 5.74) is 7.02. The highest BCUT2D eigenvalue weighted by molar-refractivity contribution is 7.91. The SMILES string of the molecule is COCCCS(=O)(=O)CC(N)c1cccc2ccccc12. The first kappa shape index (κ1) is 15.9. The van der Waals surface area contributed by atoms with Gasteiger partial charge in [-0.2, -0.15) is 0 Å². The Kier molecular flexibility index (Phi) is 5.33. The zero-order valence-electron chi connectivity index (χ0n) is 12.2. The van der Waals surface area contributed by atoms with E-state index in [-0.39, 0.29) is 11.5 Å². The molecule has 2 aromatic carbocycles. The van der Waals surface area contributed by atoms with Crippen molar-refractivity contribution < 1.29 is 13.2 Å². The molecule has 5 heteroatoms. The van der Waals surface area contributed by atoms with Gasteiger partial charge in [-0.1, -0.05) is 42.5 Å². The van der Waals surface area contributed by atoms with Crippen LogP contribution in [0.2, 0.25) is 0 Å². The molecular weight excluding hydrogens is 286 g/mol. The second kappa shape index (κ2) is 7.02. The normalized spacial score (nSPS) is 13.4. The molecule has 114 valence electrons. The molecule has 2 aromatic rings. The van der Waals surface area contributed by atoms with Crippen LogP contribution in [-0.4, -0.2) is 33.6 Å². The standard InChI is InChI=1S/C16H21NO3S/c1-20-10-5-11-21(18,19)12-16(17)15-9-4-7-13-6-2-3-8-14(13)15/h2-4,6-9,16H,5,10-12,17H2,1H3. The van der Waals surface area contributed by atoms with Crippen molar-refractivity contribution in [1.82, 2.24) is 0 Å². The quantitative estimate of drug-likeness (QED) is 0.797. The Morgan fingerprint density at radius 1 is 1.14 bits per heavy atom. The van der Waals surface area contributed by atoms with E-state index in [4.69, 9.17) is 10.5 Å². The first-order chi connectivity index (χ1) is 10.0. The van der Waals surface area contributed by atoms with Gasteiger partial charge in [0.2, 0.25) is 0 Å². The van der Waals surface area contributed by atoms with Crippen LogP contribution in [0.1, 0.15) is 18.0 Å². The molecule has 21 heavy (non-hydrogen) atoms. The molecule has 0 aliphatic rings. The van der Waals surface area contributed by atoms with E-state index < -0.39 is 15.9 Å². The number of fused-ring (bicyclic) bond motifs is 1. The topological polar surface area (TPSA) is 69.4 Å². The summed E-state index contributed by atoms with van der Waals surface area (Å²) in [5.74, 6) is 0.0734. The molecule has 2 N–H and O–H groups in total. The van der Waals surface area contributed by atoms with Crippen LogP contribution in [0.3, 0.4) is 0 Å². The average Bonchev–Trinajstić information content (AvgIpc) is 2.46. The van der Waals surface area contributed by atoms with E-state index in [1.54, 1.807) is 7.11 Å². The number of benzene rings is 2. The molecule has 1 unspecified atom stereocenters. The van der Waals surface area contributed by atoms with Crippen LogP contribution in [0.4, 0.5) is 0 Å². The van der Waals surface area contributed by atoms with Crippen LogP contribution < -0.4 is 5.73 Å². The number of rotatable bonds is 7. The molecule has 0 aliphatic carbocycles. The maximum absolute atomic E-state index is 12.1. The van der Waals surface area contributed by atoms with Gasteiger partial charge in [-0.3, -0.25) is 0 Å². The number of hydrogen-bond acceptors (Lipinski definition) is 4. The Hall–Kier alpha value is -1.43. The molecule has 0 aliphatic heterocycles. The Balaban J connectivity index is 2.17. The fourth-order valence-electron chi connectivity index (χ4n) is 2.44. The van der Waals surface area contributed by atoms with E-state index in [9.17, 15) is 8.42 Å². The number of ether oxygens (including phenoxy) is 1. The zero-order chi connectivity index (χ0) is 15.3. The van der Waals surface area contributed by atoms with Crippen LogP contribution in [-0.2, 0) is 14.6 Å². The van der Waals surface area contributed by atoms with Crippen molar-refractivity contribution >= 4 is 20.6 Å². The molecular formula is C16H21NO3S. The molecule has 0 fully saturated rings. The number of sulfone groups is 1. The Morgan fingerprint density at radius 2 is 1.86 bits per heavy atom. The third-order valence-corrected chi connectivity index (χ3v) is 5.24. The van der Waals surface area contributed by atoms with Crippen LogP contribution >= 0.6 is 0 Å². The number of hydrogen-bond donors (Lipinski definition) is 1. The smallest absolute Gasteiger partial charge is 0.152 e. The molecule has 0 bridgehead atoms. The lowest BCUT2D eigenvalue weighted by Crippen LogP contribution is -2.24. The largest absolute Gasteiger partial charge is 0.385 e. The maximum Gasteiger partial charge on any atom is 0.152 e. The molecule has 0 radical (unpaired) electrons. The molecule has 0 aromatic heterocycles. The van der Waals surface area contributed by atoms with Crippen LogP contribution in [0.25, 0.3) is 10.8 Å². The minimum Gasteiger partial charge on any atom is -0.385 e. The molecule has 0 spiro atoms. The van der Waals surface area contributed by atoms with E-state index in [0.717, 1.165) is 16.3 Å². The van der Waals surface area contributed by atoms with Crippen molar-refractivity contribution in [3.05, 3.63) is 48.0 Å². The number of nitrogens with two attached hydrogens (primary N) is 1. The lowest BCUT2D eigenvalue weighted by atomic mass is 10.0. The third kappa shape index (κ3) is 4.27. The number of methoxy groups -OCH3 is 1. The van der Waals surface area contributed by atoms with E-state index in [1.807, 2.05) is 42.5 Å². The van der Waals surface area contributed by atoms with Gasteiger partial charge in [-0.15, -0.1) is 0 Å². The van der Waals surface area contributed by atoms with Crippen LogP contribution in [0.15, 0.2) is 42.5 Å². The lowest BCUT2D eigenvalue weighted by Gasteiger charge is -2.15. The molecule has 4 nitrogen and oxygen atoms in total. The van der Waals surface area contributed by atoms with Crippen molar-refractivity contribution in [3.63, 3.8) is 0 Å². The van der Waals surface area contributed by atoms with Gasteiger partial charge in [-0.05, 0) is 22.8 Å². The summed E-state index contributed by atoms with van der Waals surface area (Å²) in [6.45, 7) is 0.447. The van der Waals surface area contributed by atoms with Gasteiger partial charge >= 0.3 is 0 Å². The van der Waals surface area contributed by atoms with Crippen molar-refractivity contribution in [2.45, 2.75) is 12.5 Å². The fraction of sp³-hybridized carbons (Fsp3) is 0.375. The van der Waals surface area contributed by atoms with E-state index in [2.05, 4.69) is 0 Å². The highest BCUT2D eigenvalue weighted by Crippen LogP contribution is 2.24. The molecule has 0 amide bonds. The molecule has 0 heterocycles. The average molecular weight is 307 g/mol. The Labute approximate surface area is 125 Å². The summed E-state index contributed by atoms with van der Waals surface area (Å²) in [5, 5.41) is 2.09. The lowest BCUT2D eigenvalue weighted by molar-refractivity contribution is 0.199. The second-order valence-electron chi connectivity index (χ2n) is 5.14. The molecule has 1 atom stereocenters. The second-order valence-corrected chi connectivity index (χ2v) is 7.36. The van der Waals surface area contributed by atoms with Gasteiger partial charge < -0.3 is 10.5 Å². The van der Waals surface area contributed by atoms with Crippen LogP contribution in [0.5, 0.6) is 0 Å². The summed E-state index contributed by atoms with van der Waals surface area (Å²) < 4.78 is 29.1. The van der Waals surface area contributed by atoms with Gasteiger partial charge in [0.15, 0.2) is 9.84 Å². The van der Waals surface area contributed by atoms with Gasteiger partial charge in [0.05, 0.1) is 11.5 Å². The fourth-order valence-corrected chi connectivity index (χ4v) is 3.89. The van der Waals surface area contributed by atoms with E-state index in [0.29, 0.717) is 13.0 Å². The first-order valence-corrected chi connectivity index (χ1v) is 8.78. The third-order valence-electron chi connectivity index (χ3n) is 3.46. The summed E-state index contributed by atoms with van der Waals surface area (Å²) >= 11 is 0. The van der Waals surface area contributed by atoms with Crippen molar-refractivity contribution in [3.8, 4) is 0 Å². The van der Waals surface area contributed by atoms with Gasteiger partial charge in [0.1, 0.15) is 0 Å². The Bertz CT molecular complexity index is 692.